The predicted molar refractivity (Wildman–Crippen MR) is 90.0 cm³/mol. The molecule has 5 N–H and O–H groups in total. The fourth-order valence-corrected chi connectivity index (χ4v) is 3.58. The Labute approximate surface area is 148 Å². The molecule has 3 heterocycles. The fourth-order valence-electron chi connectivity index (χ4n) is 2.82. The molecule has 1 aliphatic heterocycles. The second-order valence-corrected chi connectivity index (χ2v) is 6.49. The molecule has 25 heavy (non-hydrogen) atoms. The van der Waals surface area contributed by atoms with Gasteiger partial charge in [-0.2, -0.15) is 0 Å². The number of hydrogen-bond donors (Lipinski definition) is 4. The molecule has 0 bridgehead atoms. The number of nitrogen functional groups attached to an aromatic ring is 1. The van der Waals surface area contributed by atoms with Crippen LogP contribution in [0.5, 0.6) is 0 Å². The fraction of sp³-hybridized carbons (Fsp3) is 0.643. The topological polar surface area (TPSA) is 149 Å². The molecule has 1 aliphatic rings. The minimum atomic E-state index is -0.998. The number of aliphatic hydroxyl groups is 3. The first-order valence-electron chi connectivity index (χ1n) is 7.90. The molecule has 0 spiro atoms. The molecule has 3 rings (SSSR count). The average Bonchev–Trinajstić information content (AvgIpc) is 3.12. The number of anilines is 1. The van der Waals surface area contributed by atoms with Crippen LogP contribution in [-0.2, 0) is 9.47 Å². The summed E-state index contributed by atoms with van der Waals surface area (Å²) in [5.41, 5.74) is 6.74. The second-order valence-electron chi connectivity index (χ2n) is 5.43. The highest BCUT2D eigenvalue weighted by Crippen LogP contribution is 2.37. The van der Waals surface area contributed by atoms with Crippen LogP contribution < -0.4 is 5.73 Å². The molecule has 0 saturated carbocycles. The van der Waals surface area contributed by atoms with Crippen molar-refractivity contribution in [1.82, 2.24) is 19.5 Å². The van der Waals surface area contributed by atoms with Crippen LogP contribution in [-0.4, -0.2) is 78.7 Å². The molecule has 4 atom stereocenters. The summed E-state index contributed by atoms with van der Waals surface area (Å²) >= 11 is 1.30. The molecule has 2 aromatic heterocycles. The van der Waals surface area contributed by atoms with Crippen LogP contribution in [0.3, 0.4) is 0 Å². The van der Waals surface area contributed by atoms with Gasteiger partial charge in [0.1, 0.15) is 24.6 Å². The molecule has 0 aromatic carbocycles. The van der Waals surface area contributed by atoms with Gasteiger partial charge in [0.2, 0.25) is 0 Å². The highest BCUT2D eigenvalue weighted by Gasteiger charge is 2.46. The van der Waals surface area contributed by atoms with Gasteiger partial charge in [-0.15, -0.1) is 0 Å². The van der Waals surface area contributed by atoms with Gasteiger partial charge in [-0.3, -0.25) is 4.57 Å². The number of aromatic nitrogens is 4. The van der Waals surface area contributed by atoms with Gasteiger partial charge in [0.05, 0.1) is 13.2 Å². The van der Waals surface area contributed by atoms with E-state index >= 15 is 0 Å². The van der Waals surface area contributed by atoms with Crippen molar-refractivity contribution in [3.05, 3.63) is 6.33 Å². The van der Waals surface area contributed by atoms with Gasteiger partial charge in [-0.25, -0.2) is 15.0 Å². The lowest BCUT2D eigenvalue weighted by Crippen LogP contribution is -2.35. The molecule has 0 radical (unpaired) electrons. The van der Waals surface area contributed by atoms with Crippen LogP contribution in [0.2, 0.25) is 0 Å². The van der Waals surface area contributed by atoms with E-state index in [1.54, 1.807) is 4.57 Å². The molecule has 2 aromatic rings. The van der Waals surface area contributed by atoms with Crippen LogP contribution in [0.4, 0.5) is 5.82 Å². The minimum absolute atomic E-state index is 0.0304. The summed E-state index contributed by atoms with van der Waals surface area (Å²) in [5, 5.41) is 29.5. The van der Waals surface area contributed by atoms with E-state index in [1.165, 1.54) is 18.1 Å². The highest BCUT2D eigenvalue weighted by atomic mass is 32.2. The monoisotopic (exact) mass is 371 g/mol. The molecule has 1 saturated heterocycles. The van der Waals surface area contributed by atoms with Crippen molar-refractivity contribution in [2.24, 2.45) is 0 Å². The molecule has 0 aliphatic carbocycles. The van der Waals surface area contributed by atoms with Crippen molar-refractivity contribution >= 4 is 28.7 Å². The first-order chi connectivity index (χ1) is 12.1. The normalized spacial score (nSPS) is 26.6. The Morgan fingerprint density at radius 1 is 1.40 bits per heavy atom. The van der Waals surface area contributed by atoms with E-state index in [0.717, 1.165) is 0 Å². The van der Waals surface area contributed by atoms with Crippen LogP contribution in [0.1, 0.15) is 13.2 Å². The minimum Gasteiger partial charge on any atom is -0.396 e. The number of ether oxygens (including phenoxy) is 2. The van der Waals surface area contributed by atoms with Crippen LogP contribution in [0.15, 0.2) is 11.5 Å². The first-order valence-corrected chi connectivity index (χ1v) is 8.89. The maximum Gasteiger partial charge on any atom is 0.172 e. The van der Waals surface area contributed by atoms with E-state index in [9.17, 15) is 10.2 Å². The number of aliphatic hydroxyl groups excluding tert-OH is 3. The van der Waals surface area contributed by atoms with Gasteiger partial charge in [0.25, 0.3) is 0 Å². The van der Waals surface area contributed by atoms with E-state index in [1.807, 2.05) is 6.92 Å². The lowest BCUT2D eigenvalue weighted by molar-refractivity contribution is -0.0715. The van der Waals surface area contributed by atoms with Gasteiger partial charge < -0.3 is 30.5 Å². The smallest absolute Gasteiger partial charge is 0.172 e. The number of nitrogens with two attached hydrogens (primary N) is 1. The quantitative estimate of drug-likeness (QED) is 0.453. The summed E-state index contributed by atoms with van der Waals surface area (Å²) in [6, 6.07) is 0. The van der Waals surface area contributed by atoms with Crippen molar-refractivity contribution in [3.63, 3.8) is 0 Å². The van der Waals surface area contributed by atoms with Crippen molar-refractivity contribution < 1.29 is 24.8 Å². The number of nitrogens with zero attached hydrogens (tertiary/aromatic N) is 4. The van der Waals surface area contributed by atoms with Gasteiger partial charge in [0.15, 0.2) is 28.4 Å². The van der Waals surface area contributed by atoms with Gasteiger partial charge in [-0.05, 0) is 6.92 Å². The Hall–Kier alpha value is -1.50. The summed E-state index contributed by atoms with van der Waals surface area (Å²) < 4.78 is 13.1. The number of thioether (sulfide) groups is 1. The van der Waals surface area contributed by atoms with Crippen molar-refractivity contribution in [1.29, 1.82) is 0 Å². The molecule has 138 valence electrons. The van der Waals surface area contributed by atoms with E-state index in [-0.39, 0.29) is 19.0 Å². The number of hydrogen-bond acceptors (Lipinski definition) is 10. The van der Waals surface area contributed by atoms with E-state index < -0.39 is 24.5 Å². The Morgan fingerprint density at radius 3 is 2.88 bits per heavy atom. The molecule has 1 fully saturated rings. The van der Waals surface area contributed by atoms with Gasteiger partial charge in [-0.1, -0.05) is 11.8 Å². The standard InChI is InChI=1S/C14H21N5O5S/c1-2-23-10-9(22)7(5-21)24-13(10)19-12-8(11(15)16-6-17-12)18-14(19)25-4-3-20/h6-7,9-10,13,20-22H,2-5H2,1H3,(H2,15,16,17)/t7-,9-,10-,13-/m1/s1. The van der Waals surface area contributed by atoms with Gasteiger partial charge >= 0.3 is 0 Å². The SMILES string of the molecule is CCO[C@@H]1[C@H](O)[C@@H](CO)O[C@H]1n1c(SCCO)nc2c(N)ncnc21. The Kier molecular flexibility index (Phi) is 5.71. The summed E-state index contributed by atoms with van der Waals surface area (Å²) in [7, 11) is 0. The number of rotatable bonds is 7. The lowest BCUT2D eigenvalue weighted by atomic mass is 10.1. The molecular weight excluding hydrogens is 350 g/mol. The Bertz CT molecular complexity index is 729. The lowest BCUT2D eigenvalue weighted by Gasteiger charge is -2.22. The summed E-state index contributed by atoms with van der Waals surface area (Å²) in [6.45, 7) is 1.80. The zero-order valence-electron chi connectivity index (χ0n) is 13.6. The third-order valence-electron chi connectivity index (χ3n) is 3.90. The van der Waals surface area contributed by atoms with E-state index in [2.05, 4.69) is 15.0 Å². The third-order valence-corrected chi connectivity index (χ3v) is 4.83. The predicted octanol–water partition coefficient (Wildman–Crippen LogP) is -0.851. The van der Waals surface area contributed by atoms with Crippen molar-refractivity contribution in [3.8, 4) is 0 Å². The summed E-state index contributed by atoms with van der Waals surface area (Å²) in [5.74, 6) is 0.633. The number of fused-ring (bicyclic) bond motifs is 1. The van der Waals surface area contributed by atoms with Gasteiger partial charge in [0, 0.05) is 12.4 Å². The molecule has 0 amide bonds. The van der Waals surface area contributed by atoms with E-state index in [0.29, 0.717) is 28.7 Å². The van der Waals surface area contributed by atoms with Crippen molar-refractivity contribution in [2.45, 2.75) is 36.6 Å². The summed E-state index contributed by atoms with van der Waals surface area (Å²) in [4.78, 5) is 12.6. The Balaban J connectivity index is 2.10. The summed E-state index contributed by atoms with van der Waals surface area (Å²) in [6.07, 6.45) is -1.91. The molecular formula is C14H21N5O5S. The zero-order valence-corrected chi connectivity index (χ0v) is 14.5. The van der Waals surface area contributed by atoms with Crippen LogP contribution in [0.25, 0.3) is 11.2 Å². The molecule has 10 nitrogen and oxygen atoms in total. The largest absolute Gasteiger partial charge is 0.396 e. The third kappa shape index (κ3) is 3.30. The molecule has 11 heteroatoms. The zero-order chi connectivity index (χ0) is 18.0. The second kappa shape index (κ2) is 7.81. The maximum atomic E-state index is 10.4. The maximum absolute atomic E-state index is 10.4. The number of imidazole rings is 1. The van der Waals surface area contributed by atoms with Crippen LogP contribution >= 0.6 is 11.8 Å². The molecule has 0 unspecified atom stereocenters. The van der Waals surface area contributed by atoms with E-state index in [4.69, 9.17) is 20.3 Å². The highest BCUT2D eigenvalue weighted by molar-refractivity contribution is 7.99. The van der Waals surface area contributed by atoms with Crippen LogP contribution in [0, 0.1) is 0 Å². The average molecular weight is 371 g/mol. The Morgan fingerprint density at radius 2 is 2.20 bits per heavy atom. The first kappa shape index (κ1) is 18.3. The van der Waals surface area contributed by atoms with Crippen molar-refractivity contribution in [2.75, 3.05) is 31.3 Å².